The van der Waals surface area contributed by atoms with Gasteiger partial charge in [0.2, 0.25) is 5.91 Å². The molecule has 0 aliphatic heterocycles. The predicted octanol–water partition coefficient (Wildman–Crippen LogP) is 0.827. The Labute approximate surface area is 87.0 Å². The Morgan fingerprint density at radius 3 is 1.93 bits per heavy atom. The molecule has 0 aromatic heterocycles. The fourth-order valence-corrected chi connectivity index (χ4v) is 1.70. The van der Waals surface area contributed by atoms with Gasteiger partial charge in [-0.3, -0.25) is 9.80 Å². The quantitative estimate of drug-likeness (QED) is 0.670. The maximum Gasteiger partial charge on any atom is 0.237 e. The van der Waals surface area contributed by atoms with Gasteiger partial charge < -0.3 is 5.73 Å². The van der Waals surface area contributed by atoms with Crippen molar-refractivity contribution in [2.45, 2.75) is 46.2 Å². The molecule has 2 N–H and O–H groups in total. The van der Waals surface area contributed by atoms with Gasteiger partial charge in [-0.1, -0.05) is 0 Å². The summed E-state index contributed by atoms with van der Waals surface area (Å²) < 4.78 is 0. The maximum absolute atomic E-state index is 11.6. The molecule has 0 spiro atoms. The smallest absolute Gasteiger partial charge is 0.237 e. The van der Waals surface area contributed by atoms with E-state index in [0.29, 0.717) is 25.0 Å². The molecule has 0 saturated carbocycles. The van der Waals surface area contributed by atoms with Crippen molar-refractivity contribution in [1.29, 1.82) is 0 Å². The van der Waals surface area contributed by atoms with E-state index in [0.717, 1.165) is 0 Å². The molecule has 0 aliphatic carbocycles. The number of rotatable bonds is 5. The SMILES string of the molecule is CC(C)N(C(C)C)N(C)C(=O)CCN. The first-order valence-electron chi connectivity index (χ1n) is 5.16. The van der Waals surface area contributed by atoms with Gasteiger partial charge in [-0.15, -0.1) is 0 Å². The van der Waals surface area contributed by atoms with Gasteiger partial charge in [0.25, 0.3) is 0 Å². The van der Waals surface area contributed by atoms with E-state index in [9.17, 15) is 4.79 Å². The number of nitrogens with zero attached hydrogens (tertiary/aromatic N) is 2. The summed E-state index contributed by atoms with van der Waals surface area (Å²) in [7, 11) is 1.80. The van der Waals surface area contributed by atoms with E-state index >= 15 is 0 Å². The van der Waals surface area contributed by atoms with E-state index in [2.05, 4.69) is 32.7 Å². The molecule has 0 bridgehead atoms. The molecule has 4 heteroatoms. The molecule has 0 saturated heterocycles. The fourth-order valence-electron chi connectivity index (χ4n) is 1.70. The van der Waals surface area contributed by atoms with Gasteiger partial charge in [-0.2, -0.15) is 0 Å². The van der Waals surface area contributed by atoms with Crippen LogP contribution in [0.1, 0.15) is 34.1 Å². The summed E-state index contributed by atoms with van der Waals surface area (Å²) in [6.07, 6.45) is 0.409. The number of nitrogens with two attached hydrogens (primary N) is 1. The van der Waals surface area contributed by atoms with Crippen LogP contribution in [-0.2, 0) is 4.79 Å². The minimum absolute atomic E-state index is 0.0786. The second-order valence-corrected chi connectivity index (χ2v) is 4.02. The number of amides is 1. The van der Waals surface area contributed by atoms with Gasteiger partial charge in [0, 0.05) is 32.1 Å². The Bertz CT molecular complexity index is 172. The van der Waals surface area contributed by atoms with Crippen LogP contribution in [0.5, 0.6) is 0 Å². The number of carbonyl (C=O) groups is 1. The monoisotopic (exact) mass is 201 g/mol. The second kappa shape index (κ2) is 5.98. The Balaban J connectivity index is 4.43. The van der Waals surface area contributed by atoms with Crippen LogP contribution in [0.15, 0.2) is 0 Å². The summed E-state index contributed by atoms with van der Waals surface area (Å²) in [5, 5.41) is 3.74. The Morgan fingerprint density at radius 2 is 1.64 bits per heavy atom. The molecular formula is C10H23N3O. The average molecular weight is 201 g/mol. The summed E-state index contributed by atoms with van der Waals surface area (Å²) in [6, 6.07) is 0.642. The van der Waals surface area contributed by atoms with Crippen molar-refractivity contribution < 1.29 is 4.79 Å². The van der Waals surface area contributed by atoms with Crippen LogP contribution in [0.3, 0.4) is 0 Å². The van der Waals surface area contributed by atoms with E-state index in [1.54, 1.807) is 12.1 Å². The highest BCUT2D eigenvalue weighted by molar-refractivity contribution is 5.75. The second-order valence-electron chi connectivity index (χ2n) is 4.02. The standard InChI is InChI=1S/C10H23N3O/c1-8(2)13(9(3)4)12(5)10(14)6-7-11/h8-9H,6-7,11H2,1-5H3. The van der Waals surface area contributed by atoms with Crippen LogP contribution in [0.2, 0.25) is 0 Å². The Kier molecular flexibility index (Phi) is 5.72. The molecule has 0 heterocycles. The lowest BCUT2D eigenvalue weighted by Crippen LogP contribution is -2.51. The topological polar surface area (TPSA) is 49.6 Å². The number of hydrogen-bond acceptors (Lipinski definition) is 3. The first-order chi connectivity index (χ1) is 6.41. The summed E-state index contributed by atoms with van der Waals surface area (Å²) >= 11 is 0. The Morgan fingerprint density at radius 1 is 1.21 bits per heavy atom. The number of hydrogen-bond donors (Lipinski definition) is 1. The molecule has 1 amide bonds. The van der Waals surface area contributed by atoms with Crippen molar-refractivity contribution >= 4 is 5.91 Å². The summed E-state index contributed by atoms with van der Waals surface area (Å²) in [5.74, 6) is 0.0786. The highest BCUT2D eigenvalue weighted by atomic mass is 16.2. The van der Waals surface area contributed by atoms with E-state index in [4.69, 9.17) is 5.73 Å². The number of carbonyl (C=O) groups excluding carboxylic acids is 1. The van der Waals surface area contributed by atoms with Crippen molar-refractivity contribution in [2.24, 2.45) is 5.73 Å². The Hall–Kier alpha value is -0.610. The van der Waals surface area contributed by atoms with E-state index in [-0.39, 0.29) is 5.91 Å². The van der Waals surface area contributed by atoms with Crippen LogP contribution in [0, 0.1) is 0 Å². The minimum atomic E-state index is 0.0786. The fraction of sp³-hybridized carbons (Fsp3) is 0.900. The van der Waals surface area contributed by atoms with Gasteiger partial charge in [-0.25, -0.2) is 5.01 Å². The molecule has 4 nitrogen and oxygen atoms in total. The molecule has 0 unspecified atom stereocenters. The first-order valence-corrected chi connectivity index (χ1v) is 5.16. The molecule has 0 atom stereocenters. The molecule has 0 aromatic rings. The highest BCUT2D eigenvalue weighted by Crippen LogP contribution is 2.09. The average Bonchev–Trinajstić information content (AvgIpc) is 2.03. The van der Waals surface area contributed by atoms with Crippen LogP contribution >= 0.6 is 0 Å². The third-order valence-corrected chi connectivity index (χ3v) is 2.12. The van der Waals surface area contributed by atoms with Crippen LogP contribution in [-0.4, -0.2) is 41.6 Å². The van der Waals surface area contributed by atoms with E-state index in [1.165, 1.54) is 0 Å². The molecule has 0 aromatic carbocycles. The summed E-state index contributed by atoms with van der Waals surface area (Å²) in [5.41, 5.74) is 5.35. The summed E-state index contributed by atoms with van der Waals surface area (Å²) in [4.78, 5) is 11.6. The van der Waals surface area contributed by atoms with Gasteiger partial charge in [-0.05, 0) is 27.7 Å². The van der Waals surface area contributed by atoms with Crippen molar-refractivity contribution in [1.82, 2.24) is 10.0 Å². The lowest BCUT2D eigenvalue weighted by molar-refractivity contribution is -0.152. The van der Waals surface area contributed by atoms with Crippen molar-refractivity contribution in [3.05, 3.63) is 0 Å². The van der Waals surface area contributed by atoms with Crippen LogP contribution < -0.4 is 5.73 Å². The van der Waals surface area contributed by atoms with E-state index in [1.807, 2.05) is 0 Å². The molecule has 0 fully saturated rings. The van der Waals surface area contributed by atoms with Crippen molar-refractivity contribution in [2.75, 3.05) is 13.6 Å². The van der Waals surface area contributed by atoms with Gasteiger partial charge >= 0.3 is 0 Å². The lowest BCUT2D eigenvalue weighted by Gasteiger charge is -2.38. The third-order valence-electron chi connectivity index (χ3n) is 2.12. The molecule has 84 valence electrons. The normalized spacial score (nSPS) is 11.5. The molecule has 0 rings (SSSR count). The maximum atomic E-state index is 11.6. The number of hydrazine groups is 1. The third kappa shape index (κ3) is 3.64. The van der Waals surface area contributed by atoms with Crippen molar-refractivity contribution in [3.8, 4) is 0 Å². The van der Waals surface area contributed by atoms with Gasteiger partial charge in [0.05, 0.1) is 0 Å². The van der Waals surface area contributed by atoms with Crippen LogP contribution in [0.4, 0.5) is 0 Å². The van der Waals surface area contributed by atoms with E-state index < -0.39 is 0 Å². The summed E-state index contributed by atoms with van der Waals surface area (Å²) in [6.45, 7) is 8.71. The van der Waals surface area contributed by atoms with Crippen LogP contribution in [0.25, 0.3) is 0 Å². The molecule has 0 aliphatic rings. The lowest BCUT2D eigenvalue weighted by atomic mass is 10.3. The highest BCUT2D eigenvalue weighted by Gasteiger charge is 2.21. The minimum Gasteiger partial charge on any atom is -0.330 e. The predicted molar refractivity (Wildman–Crippen MR) is 58.6 cm³/mol. The van der Waals surface area contributed by atoms with Gasteiger partial charge in [0.1, 0.15) is 0 Å². The zero-order valence-corrected chi connectivity index (χ0v) is 9.95. The molecule has 0 radical (unpaired) electrons. The first kappa shape index (κ1) is 13.4. The van der Waals surface area contributed by atoms with Crippen molar-refractivity contribution in [3.63, 3.8) is 0 Å². The zero-order chi connectivity index (χ0) is 11.3. The molecular weight excluding hydrogens is 178 g/mol. The largest absolute Gasteiger partial charge is 0.330 e. The van der Waals surface area contributed by atoms with Gasteiger partial charge in [0.15, 0.2) is 0 Å². The molecule has 14 heavy (non-hydrogen) atoms. The zero-order valence-electron chi connectivity index (χ0n) is 9.95.